The van der Waals surface area contributed by atoms with E-state index in [4.69, 9.17) is 4.74 Å². The Kier molecular flexibility index (Phi) is 5.03. The predicted molar refractivity (Wildman–Crippen MR) is 99.3 cm³/mol. The Labute approximate surface area is 154 Å². The fourth-order valence-corrected chi connectivity index (χ4v) is 3.72. The van der Waals surface area contributed by atoms with Crippen LogP contribution in [0.2, 0.25) is 0 Å². The monoisotopic (exact) mass is 372 g/mol. The van der Waals surface area contributed by atoms with Gasteiger partial charge < -0.3 is 9.30 Å². The Hall–Kier alpha value is -2.74. The van der Waals surface area contributed by atoms with Crippen molar-refractivity contribution in [2.75, 3.05) is 7.11 Å². The molecule has 0 unspecified atom stereocenters. The van der Waals surface area contributed by atoms with E-state index in [1.807, 2.05) is 31.4 Å². The summed E-state index contributed by atoms with van der Waals surface area (Å²) < 4.78 is 9.30. The highest BCUT2D eigenvalue weighted by Crippen LogP contribution is 2.20. The molecule has 2 heterocycles. The van der Waals surface area contributed by atoms with Crippen LogP contribution in [0.25, 0.3) is 10.2 Å². The Morgan fingerprint density at radius 2 is 2.08 bits per heavy atom. The molecule has 0 aliphatic rings. The van der Waals surface area contributed by atoms with Gasteiger partial charge in [-0.05, 0) is 45.0 Å². The Balaban J connectivity index is 2.06. The number of carbonyl (C=O) groups excluding carboxylic acids is 2. The number of hydrogen-bond donors (Lipinski definition) is 0. The summed E-state index contributed by atoms with van der Waals surface area (Å²) in [6.07, 6.45) is 1.77. The number of hydrogen-bond acceptors (Lipinski definition) is 5. The predicted octanol–water partition coefficient (Wildman–Crippen LogP) is 3.03. The minimum Gasteiger partial charge on any atom is -0.465 e. The fourth-order valence-electron chi connectivity index (χ4n) is 2.59. The van der Waals surface area contributed by atoms with E-state index in [9.17, 15) is 9.59 Å². The van der Waals surface area contributed by atoms with Gasteiger partial charge >= 0.3 is 5.97 Å². The Bertz CT molecular complexity index is 1040. The average Bonchev–Trinajstić information content (AvgIpc) is 3.24. The lowest BCUT2D eigenvalue weighted by atomic mass is 10.2. The molecule has 7 nitrogen and oxygen atoms in total. The maximum absolute atomic E-state index is 12.5. The highest BCUT2D eigenvalue weighted by atomic mass is 32.1. The maximum Gasteiger partial charge on any atom is 0.337 e. The zero-order valence-electron chi connectivity index (χ0n) is 15.1. The van der Waals surface area contributed by atoms with Crippen molar-refractivity contribution in [2.24, 2.45) is 4.99 Å². The molecule has 8 heteroatoms. The van der Waals surface area contributed by atoms with E-state index in [0.717, 1.165) is 10.2 Å². The van der Waals surface area contributed by atoms with Crippen molar-refractivity contribution >= 4 is 33.4 Å². The summed E-state index contributed by atoms with van der Waals surface area (Å²) in [5, 5.41) is 4.27. The lowest BCUT2D eigenvalue weighted by Gasteiger charge is -2.03. The molecule has 3 rings (SSSR count). The maximum atomic E-state index is 12.5. The Morgan fingerprint density at radius 1 is 1.31 bits per heavy atom. The lowest BCUT2D eigenvalue weighted by molar-refractivity contribution is 0.0601. The first-order valence-corrected chi connectivity index (χ1v) is 9.12. The van der Waals surface area contributed by atoms with E-state index in [2.05, 4.69) is 10.1 Å². The molecule has 0 atom stereocenters. The van der Waals surface area contributed by atoms with Gasteiger partial charge in [-0.25, -0.2) is 4.79 Å². The summed E-state index contributed by atoms with van der Waals surface area (Å²) in [7, 11) is 1.35. The number of carbonyl (C=O) groups is 2. The minimum absolute atomic E-state index is 0.179. The molecule has 3 aromatic rings. The van der Waals surface area contributed by atoms with Crippen molar-refractivity contribution < 1.29 is 14.3 Å². The number of benzene rings is 1. The molecule has 0 radical (unpaired) electrons. The molecule has 2 aromatic heterocycles. The van der Waals surface area contributed by atoms with Crippen LogP contribution in [0, 0.1) is 0 Å². The van der Waals surface area contributed by atoms with Crippen LogP contribution in [0.4, 0.5) is 0 Å². The molecule has 0 spiro atoms. The second-order valence-corrected chi connectivity index (χ2v) is 7.00. The van der Waals surface area contributed by atoms with Gasteiger partial charge in [-0.1, -0.05) is 11.3 Å². The van der Waals surface area contributed by atoms with Crippen LogP contribution < -0.4 is 4.80 Å². The first-order valence-electron chi connectivity index (χ1n) is 8.30. The van der Waals surface area contributed by atoms with E-state index < -0.39 is 5.97 Å². The van der Waals surface area contributed by atoms with Crippen LogP contribution in [-0.2, 0) is 11.3 Å². The van der Waals surface area contributed by atoms with Crippen molar-refractivity contribution in [2.45, 2.75) is 33.4 Å². The molecule has 0 aliphatic heterocycles. The summed E-state index contributed by atoms with van der Waals surface area (Å²) in [5.74, 6) is -0.775. The molecular weight excluding hydrogens is 352 g/mol. The standard InChI is InChI=1S/C18H20N4O3S/c1-5-21-14-7-6-12(17(24)25-4)10-15(14)26-18(21)19-16(23)13-8-9-22(20-13)11(2)3/h6-11H,5H2,1-4H3. The van der Waals surface area contributed by atoms with Crippen LogP contribution in [0.15, 0.2) is 35.5 Å². The van der Waals surface area contributed by atoms with Crippen molar-refractivity contribution in [3.63, 3.8) is 0 Å². The van der Waals surface area contributed by atoms with Gasteiger partial charge in [-0.2, -0.15) is 10.1 Å². The van der Waals surface area contributed by atoms with Crippen LogP contribution in [0.1, 0.15) is 47.7 Å². The van der Waals surface area contributed by atoms with Crippen LogP contribution >= 0.6 is 11.3 Å². The highest BCUT2D eigenvalue weighted by molar-refractivity contribution is 7.16. The molecule has 136 valence electrons. The molecule has 0 aliphatic carbocycles. The summed E-state index contributed by atoms with van der Waals surface area (Å²) >= 11 is 1.36. The van der Waals surface area contributed by atoms with Crippen molar-refractivity contribution in [1.29, 1.82) is 0 Å². The number of nitrogens with zero attached hydrogens (tertiary/aromatic N) is 4. The second kappa shape index (κ2) is 7.25. The number of aryl methyl sites for hydroxylation is 1. The number of ether oxygens (including phenoxy) is 1. The third kappa shape index (κ3) is 3.32. The molecule has 0 saturated carbocycles. The van der Waals surface area contributed by atoms with Gasteiger partial charge in [0, 0.05) is 18.8 Å². The van der Waals surface area contributed by atoms with Crippen molar-refractivity contribution in [3.8, 4) is 0 Å². The van der Waals surface area contributed by atoms with Gasteiger partial charge in [0.2, 0.25) is 0 Å². The van der Waals surface area contributed by atoms with E-state index in [0.29, 0.717) is 22.6 Å². The zero-order chi connectivity index (χ0) is 18.8. The van der Waals surface area contributed by atoms with Crippen molar-refractivity contribution in [3.05, 3.63) is 46.5 Å². The average molecular weight is 372 g/mol. The second-order valence-electron chi connectivity index (χ2n) is 5.99. The molecular formula is C18H20N4O3S. The number of rotatable bonds is 4. The molecule has 26 heavy (non-hydrogen) atoms. The Morgan fingerprint density at radius 3 is 2.69 bits per heavy atom. The van der Waals surface area contributed by atoms with Crippen LogP contribution in [0.5, 0.6) is 0 Å². The summed E-state index contributed by atoms with van der Waals surface area (Å²) in [6.45, 7) is 6.63. The molecule has 1 amide bonds. The van der Waals surface area contributed by atoms with Gasteiger partial charge in [0.25, 0.3) is 5.91 Å². The molecule has 0 fully saturated rings. The number of amides is 1. The third-order valence-electron chi connectivity index (χ3n) is 3.97. The minimum atomic E-state index is -0.392. The normalized spacial score (nSPS) is 12.1. The third-order valence-corrected chi connectivity index (χ3v) is 5.01. The van der Waals surface area contributed by atoms with Crippen LogP contribution in [-0.4, -0.2) is 33.3 Å². The summed E-state index contributed by atoms with van der Waals surface area (Å²) in [5.41, 5.74) is 1.71. The largest absolute Gasteiger partial charge is 0.465 e. The first kappa shape index (κ1) is 18.1. The smallest absolute Gasteiger partial charge is 0.337 e. The topological polar surface area (TPSA) is 78.5 Å². The van der Waals surface area contributed by atoms with Crippen LogP contribution in [0.3, 0.4) is 0 Å². The number of aromatic nitrogens is 3. The lowest BCUT2D eigenvalue weighted by Crippen LogP contribution is -2.16. The van der Waals surface area contributed by atoms with E-state index in [1.54, 1.807) is 29.1 Å². The zero-order valence-corrected chi connectivity index (χ0v) is 15.9. The van der Waals surface area contributed by atoms with E-state index >= 15 is 0 Å². The van der Waals surface area contributed by atoms with E-state index in [1.165, 1.54) is 18.4 Å². The number of methoxy groups -OCH3 is 1. The highest BCUT2D eigenvalue weighted by Gasteiger charge is 2.13. The van der Waals surface area contributed by atoms with Gasteiger partial charge in [-0.3, -0.25) is 9.48 Å². The number of fused-ring (bicyclic) bond motifs is 1. The summed E-state index contributed by atoms with van der Waals surface area (Å²) in [4.78, 5) is 29.1. The first-order chi connectivity index (χ1) is 12.4. The summed E-state index contributed by atoms with van der Waals surface area (Å²) in [6, 6.07) is 7.17. The number of esters is 1. The molecule has 1 aromatic carbocycles. The van der Waals surface area contributed by atoms with Crippen molar-refractivity contribution in [1.82, 2.24) is 14.3 Å². The van der Waals surface area contributed by atoms with E-state index in [-0.39, 0.29) is 11.9 Å². The molecule has 0 saturated heterocycles. The fraction of sp³-hybridized carbons (Fsp3) is 0.333. The van der Waals surface area contributed by atoms with Gasteiger partial charge in [0.1, 0.15) is 0 Å². The molecule has 0 N–H and O–H groups in total. The number of thiazole rings is 1. The SMILES string of the molecule is CCn1c(=NC(=O)c2ccn(C(C)C)n2)sc2cc(C(=O)OC)ccc21. The molecule has 0 bridgehead atoms. The quantitative estimate of drug-likeness (QED) is 0.660. The van der Waals surface area contributed by atoms with Gasteiger partial charge in [-0.15, -0.1) is 0 Å². The van der Waals surface area contributed by atoms with Gasteiger partial charge in [0.05, 0.1) is 22.9 Å². The van der Waals surface area contributed by atoms with Gasteiger partial charge in [0.15, 0.2) is 10.5 Å².